The number of nitrogens with two attached hydrogens (primary N) is 1. The standard InChI is InChI=1S/C12H20N4O/c1-17-8-5-11-15-10-4-2-3-9(10)12(16-11)14-7-6-13/h2-8,13H2,1H3,(H,14,15,16). The molecule has 0 aromatic carbocycles. The fraction of sp³-hybridized carbons (Fsp3) is 0.667. The Morgan fingerprint density at radius 1 is 1.35 bits per heavy atom. The molecular formula is C12H20N4O. The highest BCUT2D eigenvalue weighted by atomic mass is 16.5. The van der Waals surface area contributed by atoms with Crippen molar-refractivity contribution in [3.63, 3.8) is 0 Å². The summed E-state index contributed by atoms with van der Waals surface area (Å²) in [6, 6.07) is 0. The summed E-state index contributed by atoms with van der Waals surface area (Å²) in [6.45, 7) is 2.04. The zero-order valence-corrected chi connectivity index (χ0v) is 10.3. The van der Waals surface area contributed by atoms with Gasteiger partial charge in [-0.15, -0.1) is 0 Å². The molecule has 5 heteroatoms. The second-order valence-corrected chi connectivity index (χ2v) is 4.23. The summed E-state index contributed by atoms with van der Waals surface area (Å²) in [6.07, 6.45) is 4.08. The predicted molar refractivity (Wildman–Crippen MR) is 67.2 cm³/mol. The number of anilines is 1. The number of fused-ring (bicyclic) bond motifs is 1. The third-order valence-electron chi connectivity index (χ3n) is 2.95. The molecule has 0 amide bonds. The number of nitrogens with zero attached hydrogens (tertiary/aromatic N) is 2. The van der Waals surface area contributed by atoms with Crippen molar-refractivity contribution in [2.75, 3.05) is 32.1 Å². The van der Waals surface area contributed by atoms with Gasteiger partial charge in [-0.2, -0.15) is 0 Å². The molecule has 0 fully saturated rings. The first-order valence-electron chi connectivity index (χ1n) is 6.16. The van der Waals surface area contributed by atoms with Crippen molar-refractivity contribution in [2.24, 2.45) is 5.73 Å². The van der Waals surface area contributed by atoms with Gasteiger partial charge in [0.15, 0.2) is 0 Å². The van der Waals surface area contributed by atoms with E-state index in [0.717, 1.165) is 37.4 Å². The summed E-state index contributed by atoms with van der Waals surface area (Å²) >= 11 is 0. The average molecular weight is 236 g/mol. The summed E-state index contributed by atoms with van der Waals surface area (Å²) in [5, 5.41) is 3.29. The molecule has 0 unspecified atom stereocenters. The van der Waals surface area contributed by atoms with Crippen molar-refractivity contribution in [3.8, 4) is 0 Å². The number of aromatic nitrogens is 2. The molecule has 17 heavy (non-hydrogen) atoms. The van der Waals surface area contributed by atoms with Crippen LogP contribution in [0.4, 0.5) is 5.82 Å². The third kappa shape index (κ3) is 2.92. The summed E-state index contributed by atoms with van der Waals surface area (Å²) in [5.41, 5.74) is 7.99. The quantitative estimate of drug-likeness (QED) is 0.753. The Balaban J connectivity index is 2.19. The lowest BCUT2D eigenvalue weighted by atomic mass is 10.2. The van der Waals surface area contributed by atoms with E-state index in [1.165, 1.54) is 17.7 Å². The van der Waals surface area contributed by atoms with Crippen molar-refractivity contribution in [2.45, 2.75) is 25.7 Å². The molecule has 0 atom stereocenters. The Hall–Kier alpha value is -1.20. The number of hydrogen-bond acceptors (Lipinski definition) is 5. The maximum atomic E-state index is 5.51. The van der Waals surface area contributed by atoms with Crippen LogP contribution in [0.25, 0.3) is 0 Å². The van der Waals surface area contributed by atoms with Gasteiger partial charge in [-0.05, 0) is 19.3 Å². The van der Waals surface area contributed by atoms with E-state index in [9.17, 15) is 0 Å². The zero-order valence-electron chi connectivity index (χ0n) is 10.3. The molecule has 1 aliphatic rings. The van der Waals surface area contributed by atoms with Crippen molar-refractivity contribution in [1.29, 1.82) is 0 Å². The van der Waals surface area contributed by atoms with E-state index in [2.05, 4.69) is 15.3 Å². The number of rotatable bonds is 6. The van der Waals surface area contributed by atoms with Crippen LogP contribution in [0.1, 0.15) is 23.5 Å². The maximum Gasteiger partial charge on any atom is 0.133 e. The fourth-order valence-corrected chi connectivity index (χ4v) is 2.13. The van der Waals surface area contributed by atoms with E-state index in [-0.39, 0.29) is 0 Å². The van der Waals surface area contributed by atoms with E-state index in [4.69, 9.17) is 10.5 Å². The maximum absolute atomic E-state index is 5.51. The smallest absolute Gasteiger partial charge is 0.133 e. The zero-order chi connectivity index (χ0) is 12.1. The van der Waals surface area contributed by atoms with Crippen LogP contribution in [0.3, 0.4) is 0 Å². The van der Waals surface area contributed by atoms with Crippen LogP contribution in [0.2, 0.25) is 0 Å². The molecule has 2 rings (SSSR count). The van der Waals surface area contributed by atoms with E-state index < -0.39 is 0 Å². The molecule has 1 aromatic rings. The Morgan fingerprint density at radius 2 is 2.24 bits per heavy atom. The molecule has 1 aliphatic carbocycles. The van der Waals surface area contributed by atoms with Gasteiger partial charge >= 0.3 is 0 Å². The van der Waals surface area contributed by atoms with E-state index in [1.807, 2.05) is 0 Å². The first-order valence-corrected chi connectivity index (χ1v) is 6.16. The van der Waals surface area contributed by atoms with Crippen LogP contribution >= 0.6 is 0 Å². The second-order valence-electron chi connectivity index (χ2n) is 4.23. The highest BCUT2D eigenvalue weighted by Crippen LogP contribution is 2.26. The van der Waals surface area contributed by atoms with Crippen LogP contribution in [0.15, 0.2) is 0 Å². The topological polar surface area (TPSA) is 73.1 Å². The minimum atomic E-state index is 0.617. The molecule has 0 spiro atoms. The summed E-state index contributed by atoms with van der Waals surface area (Å²) < 4.78 is 5.07. The van der Waals surface area contributed by atoms with E-state index in [0.29, 0.717) is 13.2 Å². The Morgan fingerprint density at radius 3 is 3.00 bits per heavy atom. The molecule has 0 saturated heterocycles. The third-order valence-corrected chi connectivity index (χ3v) is 2.95. The number of methoxy groups -OCH3 is 1. The van der Waals surface area contributed by atoms with Gasteiger partial charge in [0.05, 0.1) is 6.61 Å². The molecular weight excluding hydrogens is 216 g/mol. The molecule has 1 aromatic heterocycles. The van der Waals surface area contributed by atoms with Crippen LogP contribution in [-0.4, -0.2) is 36.8 Å². The Labute approximate surface area is 102 Å². The van der Waals surface area contributed by atoms with Crippen molar-refractivity contribution < 1.29 is 4.74 Å². The van der Waals surface area contributed by atoms with Crippen molar-refractivity contribution in [1.82, 2.24) is 9.97 Å². The molecule has 94 valence electrons. The molecule has 0 bridgehead atoms. The largest absolute Gasteiger partial charge is 0.384 e. The fourth-order valence-electron chi connectivity index (χ4n) is 2.13. The normalized spacial score (nSPS) is 13.8. The summed E-state index contributed by atoms with van der Waals surface area (Å²) in [4.78, 5) is 9.16. The highest BCUT2D eigenvalue weighted by molar-refractivity contribution is 5.48. The molecule has 0 saturated carbocycles. The van der Waals surface area contributed by atoms with Gasteiger partial charge < -0.3 is 15.8 Å². The number of aryl methyl sites for hydroxylation is 1. The van der Waals surface area contributed by atoms with Crippen LogP contribution < -0.4 is 11.1 Å². The summed E-state index contributed by atoms with van der Waals surface area (Å²) in [5.74, 6) is 1.84. The SMILES string of the molecule is COCCc1nc2c(c(NCCN)n1)CCC2. The summed E-state index contributed by atoms with van der Waals surface area (Å²) in [7, 11) is 1.70. The van der Waals surface area contributed by atoms with E-state index in [1.54, 1.807) is 7.11 Å². The monoisotopic (exact) mass is 236 g/mol. The molecule has 5 nitrogen and oxygen atoms in total. The van der Waals surface area contributed by atoms with Gasteiger partial charge in [0.25, 0.3) is 0 Å². The Bertz CT molecular complexity index is 381. The minimum absolute atomic E-state index is 0.617. The molecule has 0 radical (unpaired) electrons. The van der Waals surface area contributed by atoms with Gasteiger partial charge in [-0.25, -0.2) is 9.97 Å². The van der Waals surface area contributed by atoms with Gasteiger partial charge in [0, 0.05) is 37.9 Å². The minimum Gasteiger partial charge on any atom is -0.384 e. The van der Waals surface area contributed by atoms with Crippen LogP contribution in [0, 0.1) is 0 Å². The number of ether oxygens (including phenoxy) is 1. The predicted octanol–water partition coefficient (Wildman–Crippen LogP) is 0.525. The lowest BCUT2D eigenvalue weighted by molar-refractivity contribution is 0.200. The number of hydrogen-bond donors (Lipinski definition) is 2. The lowest BCUT2D eigenvalue weighted by Crippen LogP contribution is -2.16. The molecule has 3 N–H and O–H groups in total. The first kappa shape index (κ1) is 12.3. The molecule has 0 aliphatic heterocycles. The first-order chi connectivity index (χ1) is 8.35. The van der Waals surface area contributed by atoms with Gasteiger partial charge in [-0.1, -0.05) is 0 Å². The second kappa shape index (κ2) is 5.93. The average Bonchev–Trinajstić information content (AvgIpc) is 2.81. The Kier molecular flexibility index (Phi) is 4.28. The van der Waals surface area contributed by atoms with Gasteiger partial charge in [0.2, 0.25) is 0 Å². The van der Waals surface area contributed by atoms with E-state index >= 15 is 0 Å². The van der Waals surface area contributed by atoms with Gasteiger partial charge in [0.1, 0.15) is 11.6 Å². The van der Waals surface area contributed by atoms with Crippen molar-refractivity contribution >= 4 is 5.82 Å². The van der Waals surface area contributed by atoms with Gasteiger partial charge in [-0.3, -0.25) is 0 Å². The van der Waals surface area contributed by atoms with Crippen LogP contribution in [-0.2, 0) is 24.0 Å². The lowest BCUT2D eigenvalue weighted by Gasteiger charge is -2.11. The highest BCUT2D eigenvalue weighted by Gasteiger charge is 2.18. The van der Waals surface area contributed by atoms with Crippen molar-refractivity contribution in [3.05, 3.63) is 17.1 Å². The van der Waals surface area contributed by atoms with Crippen LogP contribution in [0.5, 0.6) is 0 Å². The molecule has 1 heterocycles. The number of nitrogens with one attached hydrogen (secondary N) is 1.